The van der Waals surface area contributed by atoms with E-state index in [2.05, 4.69) is 81.9 Å². The van der Waals surface area contributed by atoms with Gasteiger partial charge in [0.1, 0.15) is 11.3 Å². The van der Waals surface area contributed by atoms with Gasteiger partial charge in [-0.3, -0.25) is 9.55 Å². The van der Waals surface area contributed by atoms with Crippen LogP contribution in [0.15, 0.2) is 79.0 Å². The van der Waals surface area contributed by atoms with E-state index in [1.165, 1.54) is 53.9 Å². The molecule has 0 amide bonds. The molecule has 32 heavy (non-hydrogen) atoms. The lowest BCUT2D eigenvalue weighted by atomic mass is 9.95. The second-order valence-corrected chi connectivity index (χ2v) is 8.95. The van der Waals surface area contributed by atoms with Crippen LogP contribution in [0.2, 0.25) is 0 Å². The summed E-state index contributed by atoms with van der Waals surface area (Å²) in [5, 5.41) is 3.58. The molecule has 1 aliphatic rings. The van der Waals surface area contributed by atoms with Crippen molar-refractivity contribution in [3.63, 3.8) is 0 Å². The molecule has 0 radical (unpaired) electrons. The van der Waals surface area contributed by atoms with Crippen LogP contribution in [0.1, 0.15) is 38.1 Å². The molecule has 0 N–H and O–H groups in total. The zero-order chi connectivity index (χ0) is 21.1. The SMILES string of the molecule is c1ccc(-n2c3ccccc3c3cc4c5ncccc5n(C5CCCCC5)c4nc32)cc1. The number of benzene rings is 2. The molecular formula is C28H24N4. The zero-order valence-electron chi connectivity index (χ0n) is 17.9. The summed E-state index contributed by atoms with van der Waals surface area (Å²) in [5.74, 6) is 0. The van der Waals surface area contributed by atoms with E-state index in [-0.39, 0.29) is 0 Å². The van der Waals surface area contributed by atoms with Crippen molar-refractivity contribution >= 4 is 44.0 Å². The van der Waals surface area contributed by atoms with Gasteiger partial charge in [0.05, 0.1) is 16.6 Å². The predicted octanol–water partition coefficient (Wildman–Crippen LogP) is 7.19. The molecule has 0 aliphatic heterocycles. The second-order valence-electron chi connectivity index (χ2n) is 8.95. The highest BCUT2D eigenvalue weighted by Crippen LogP contribution is 2.39. The maximum Gasteiger partial charge on any atom is 0.148 e. The number of nitrogens with zero attached hydrogens (tertiary/aromatic N) is 4. The minimum absolute atomic E-state index is 0.493. The van der Waals surface area contributed by atoms with Crippen molar-refractivity contribution in [2.75, 3.05) is 0 Å². The molecular weight excluding hydrogens is 392 g/mol. The highest BCUT2D eigenvalue weighted by molar-refractivity contribution is 6.15. The topological polar surface area (TPSA) is 35.6 Å². The summed E-state index contributed by atoms with van der Waals surface area (Å²) in [7, 11) is 0. The van der Waals surface area contributed by atoms with Crippen LogP contribution in [0, 0.1) is 0 Å². The third-order valence-electron chi connectivity index (χ3n) is 7.11. The number of para-hydroxylation sites is 2. The Balaban J connectivity index is 1.65. The van der Waals surface area contributed by atoms with Crippen molar-refractivity contribution < 1.29 is 0 Å². The fraction of sp³-hybridized carbons (Fsp3) is 0.214. The third kappa shape index (κ3) is 2.49. The lowest BCUT2D eigenvalue weighted by Crippen LogP contribution is -2.13. The van der Waals surface area contributed by atoms with Crippen molar-refractivity contribution in [3.8, 4) is 5.69 Å². The van der Waals surface area contributed by atoms with E-state index < -0.39 is 0 Å². The molecule has 1 fully saturated rings. The van der Waals surface area contributed by atoms with E-state index in [1.807, 2.05) is 6.20 Å². The van der Waals surface area contributed by atoms with Gasteiger partial charge in [-0.15, -0.1) is 0 Å². The molecule has 7 rings (SSSR count). The Morgan fingerprint density at radius 3 is 2.34 bits per heavy atom. The van der Waals surface area contributed by atoms with Gasteiger partial charge in [0, 0.05) is 34.1 Å². The minimum atomic E-state index is 0.493. The van der Waals surface area contributed by atoms with Crippen molar-refractivity contribution in [2.24, 2.45) is 0 Å². The van der Waals surface area contributed by atoms with Crippen molar-refractivity contribution in [3.05, 3.63) is 79.0 Å². The summed E-state index contributed by atoms with van der Waals surface area (Å²) in [4.78, 5) is 10.2. The van der Waals surface area contributed by atoms with Crippen LogP contribution in [0.5, 0.6) is 0 Å². The number of rotatable bonds is 2. The maximum absolute atomic E-state index is 5.39. The highest BCUT2D eigenvalue weighted by Gasteiger charge is 2.24. The molecule has 4 heteroatoms. The Bertz CT molecular complexity index is 1600. The second kappa shape index (κ2) is 6.92. The molecule has 1 saturated carbocycles. The fourth-order valence-corrected chi connectivity index (χ4v) is 5.69. The maximum atomic E-state index is 5.39. The summed E-state index contributed by atoms with van der Waals surface area (Å²) < 4.78 is 4.80. The lowest BCUT2D eigenvalue weighted by Gasteiger charge is -2.24. The van der Waals surface area contributed by atoms with Crippen molar-refractivity contribution in [1.29, 1.82) is 0 Å². The van der Waals surface area contributed by atoms with Gasteiger partial charge in [0.15, 0.2) is 0 Å². The van der Waals surface area contributed by atoms with E-state index in [9.17, 15) is 0 Å². The Kier molecular flexibility index (Phi) is 3.89. The Morgan fingerprint density at radius 2 is 1.47 bits per heavy atom. The molecule has 6 aromatic rings. The van der Waals surface area contributed by atoms with E-state index in [0.717, 1.165) is 27.9 Å². The standard InChI is InChI=1S/C28H24N4/c1-3-10-19(11-4-1)31-24-15-8-7-14-21(24)22-18-23-26-25(16-9-17-29-26)32(28(23)30-27(22)31)20-12-5-2-6-13-20/h1,3-4,7-11,14-18,20H,2,5-6,12-13H2. The van der Waals surface area contributed by atoms with Gasteiger partial charge in [-0.05, 0) is 49.2 Å². The summed E-state index contributed by atoms with van der Waals surface area (Å²) in [6.07, 6.45) is 8.26. The van der Waals surface area contributed by atoms with Gasteiger partial charge >= 0.3 is 0 Å². The predicted molar refractivity (Wildman–Crippen MR) is 131 cm³/mol. The number of pyridine rings is 2. The van der Waals surface area contributed by atoms with Crippen molar-refractivity contribution in [1.82, 2.24) is 19.1 Å². The molecule has 0 spiro atoms. The molecule has 0 bridgehead atoms. The highest BCUT2D eigenvalue weighted by atomic mass is 15.1. The Labute approximate surface area is 186 Å². The van der Waals surface area contributed by atoms with Crippen LogP contribution in [0.3, 0.4) is 0 Å². The number of aromatic nitrogens is 4. The summed E-state index contributed by atoms with van der Waals surface area (Å²) in [5.41, 5.74) is 6.70. The van der Waals surface area contributed by atoms with Gasteiger partial charge in [0.25, 0.3) is 0 Å². The average Bonchev–Trinajstić information content (AvgIpc) is 3.36. The van der Waals surface area contributed by atoms with Gasteiger partial charge in [-0.1, -0.05) is 55.7 Å². The smallest absolute Gasteiger partial charge is 0.148 e. The van der Waals surface area contributed by atoms with Gasteiger partial charge in [-0.2, -0.15) is 0 Å². The first-order chi connectivity index (χ1) is 15.9. The number of hydrogen-bond donors (Lipinski definition) is 0. The Morgan fingerprint density at radius 1 is 0.688 bits per heavy atom. The largest absolute Gasteiger partial charge is 0.321 e. The van der Waals surface area contributed by atoms with Crippen LogP contribution < -0.4 is 0 Å². The van der Waals surface area contributed by atoms with Crippen LogP contribution >= 0.6 is 0 Å². The summed E-state index contributed by atoms with van der Waals surface area (Å²) >= 11 is 0. The van der Waals surface area contributed by atoms with Crippen molar-refractivity contribution in [2.45, 2.75) is 38.1 Å². The number of hydrogen-bond acceptors (Lipinski definition) is 2. The third-order valence-corrected chi connectivity index (χ3v) is 7.11. The lowest BCUT2D eigenvalue weighted by molar-refractivity contribution is 0.366. The fourth-order valence-electron chi connectivity index (χ4n) is 5.69. The molecule has 0 unspecified atom stereocenters. The van der Waals surface area contributed by atoms with Gasteiger partial charge in [0.2, 0.25) is 0 Å². The first kappa shape index (κ1) is 18.0. The molecule has 4 heterocycles. The molecule has 4 aromatic heterocycles. The first-order valence-corrected chi connectivity index (χ1v) is 11.6. The van der Waals surface area contributed by atoms with Gasteiger partial charge < -0.3 is 4.57 Å². The van der Waals surface area contributed by atoms with E-state index in [4.69, 9.17) is 9.97 Å². The van der Waals surface area contributed by atoms with Crippen LogP contribution in [0.4, 0.5) is 0 Å². The number of fused-ring (bicyclic) bond motifs is 6. The van der Waals surface area contributed by atoms with E-state index >= 15 is 0 Å². The molecule has 156 valence electrons. The summed E-state index contributed by atoms with van der Waals surface area (Å²) in [6.45, 7) is 0. The van der Waals surface area contributed by atoms with Gasteiger partial charge in [-0.25, -0.2) is 4.98 Å². The molecule has 2 aromatic carbocycles. The monoisotopic (exact) mass is 416 g/mol. The molecule has 1 aliphatic carbocycles. The molecule has 0 saturated heterocycles. The molecule has 0 atom stereocenters. The zero-order valence-corrected chi connectivity index (χ0v) is 17.9. The quantitative estimate of drug-likeness (QED) is 0.299. The first-order valence-electron chi connectivity index (χ1n) is 11.6. The average molecular weight is 417 g/mol. The normalized spacial score (nSPS) is 15.4. The van der Waals surface area contributed by atoms with Crippen LogP contribution in [-0.4, -0.2) is 19.1 Å². The van der Waals surface area contributed by atoms with E-state index in [0.29, 0.717) is 6.04 Å². The molecule has 4 nitrogen and oxygen atoms in total. The van der Waals surface area contributed by atoms with Crippen LogP contribution in [-0.2, 0) is 0 Å². The van der Waals surface area contributed by atoms with E-state index in [1.54, 1.807) is 0 Å². The minimum Gasteiger partial charge on any atom is -0.321 e. The summed E-state index contributed by atoms with van der Waals surface area (Å²) in [6, 6.07) is 26.3. The van der Waals surface area contributed by atoms with Crippen LogP contribution in [0.25, 0.3) is 49.7 Å². The Hall–Kier alpha value is -3.66.